The monoisotopic (exact) mass is 1050 g/mol. The van der Waals surface area contributed by atoms with Crippen molar-refractivity contribution in [1.29, 1.82) is 0 Å². The first-order valence-electron chi connectivity index (χ1n) is 33.8. The van der Waals surface area contributed by atoms with Crippen LogP contribution < -0.4 is 5.32 Å². The minimum Gasteiger partial charge on any atom is -0.466 e. The summed E-state index contributed by atoms with van der Waals surface area (Å²) in [6.45, 7) is 4.89. The number of carbonyl (C=O) groups excluding carboxylic acids is 2. The third-order valence-corrected chi connectivity index (χ3v) is 15.6. The third-order valence-electron chi connectivity index (χ3n) is 15.6. The van der Waals surface area contributed by atoms with Crippen LogP contribution in [-0.2, 0) is 14.3 Å². The number of aliphatic hydroxyl groups is 2. The van der Waals surface area contributed by atoms with Crippen LogP contribution in [0.5, 0.6) is 0 Å². The van der Waals surface area contributed by atoms with Crippen LogP contribution in [0, 0.1) is 0 Å². The van der Waals surface area contributed by atoms with Crippen LogP contribution >= 0.6 is 0 Å². The van der Waals surface area contributed by atoms with Crippen LogP contribution in [-0.4, -0.2) is 47.4 Å². The molecule has 0 radical (unpaired) electrons. The highest BCUT2D eigenvalue weighted by Crippen LogP contribution is 2.18. The van der Waals surface area contributed by atoms with Gasteiger partial charge in [0.1, 0.15) is 0 Å². The molecule has 0 aliphatic rings. The lowest BCUT2D eigenvalue weighted by atomic mass is 10.0. The summed E-state index contributed by atoms with van der Waals surface area (Å²) in [7, 11) is 0. The highest BCUT2D eigenvalue weighted by molar-refractivity contribution is 5.76. The predicted octanol–water partition coefficient (Wildman–Crippen LogP) is 21.5. The molecule has 0 aliphatic carbocycles. The first-order valence-corrected chi connectivity index (χ1v) is 33.8. The first kappa shape index (κ1) is 73.1. The molecule has 0 aromatic heterocycles. The van der Waals surface area contributed by atoms with Crippen molar-refractivity contribution >= 4 is 11.9 Å². The van der Waals surface area contributed by atoms with Crippen LogP contribution in [0.3, 0.4) is 0 Å². The Balaban J connectivity index is 3.48. The Morgan fingerprint density at radius 2 is 0.627 bits per heavy atom. The smallest absolute Gasteiger partial charge is 0.305 e. The standard InChI is InChI=1S/C69H131NO5/c1-3-5-7-9-11-13-15-17-19-21-23-24-25-26-27-28-29-30-33-37-41-45-49-53-57-61-67(72)66(65-71)70-68(73)62-58-54-50-46-42-38-34-32-36-40-44-48-52-56-60-64-75-69(74)63-59-55-51-47-43-39-35-31-22-20-18-16-14-12-10-8-6-4-2/h20,22,36,40,57,61,66-67,71-72H,3-19,21,23-35,37-39,41-56,58-60,62-65H2,1-2H3,(H,70,73)/b22-20-,40-36-,61-57+. The first-order chi connectivity index (χ1) is 37.0. The molecule has 0 aromatic rings. The summed E-state index contributed by atoms with van der Waals surface area (Å²) in [5, 5.41) is 23.2. The van der Waals surface area contributed by atoms with E-state index in [0.717, 1.165) is 70.6 Å². The van der Waals surface area contributed by atoms with Gasteiger partial charge < -0.3 is 20.3 Å². The zero-order valence-electron chi connectivity index (χ0n) is 50.5. The minimum atomic E-state index is -0.857. The zero-order chi connectivity index (χ0) is 54.3. The molecule has 0 aliphatic heterocycles. The normalized spacial score (nSPS) is 12.7. The Morgan fingerprint density at radius 1 is 0.360 bits per heavy atom. The summed E-state index contributed by atoms with van der Waals surface area (Å²) in [6, 6.07) is -0.642. The fraction of sp³-hybridized carbons (Fsp3) is 0.884. The van der Waals surface area contributed by atoms with Crippen molar-refractivity contribution < 1.29 is 24.5 Å². The number of esters is 1. The molecule has 2 atom stereocenters. The third kappa shape index (κ3) is 61.2. The van der Waals surface area contributed by atoms with Gasteiger partial charge >= 0.3 is 5.97 Å². The Labute approximate surface area is 468 Å². The second-order valence-corrected chi connectivity index (χ2v) is 23.1. The topological polar surface area (TPSA) is 95.9 Å². The van der Waals surface area contributed by atoms with E-state index < -0.39 is 12.1 Å². The van der Waals surface area contributed by atoms with Crippen LogP contribution in [0.25, 0.3) is 0 Å². The average Bonchev–Trinajstić information content (AvgIpc) is 3.41. The maximum atomic E-state index is 12.5. The number of aliphatic hydroxyl groups excluding tert-OH is 2. The quantitative estimate of drug-likeness (QED) is 0.0320. The maximum Gasteiger partial charge on any atom is 0.305 e. The van der Waals surface area contributed by atoms with Gasteiger partial charge in [0.2, 0.25) is 5.91 Å². The molecule has 0 saturated carbocycles. The highest BCUT2D eigenvalue weighted by Gasteiger charge is 2.18. The molecule has 0 heterocycles. The zero-order valence-corrected chi connectivity index (χ0v) is 50.5. The van der Waals surface area contributed by atoms with Gasteiger partial charge in [-0.05, 0) is 83.5 Å². The van der Waals surface area contributed by atoms with Crippen molar-refractivity contribution in [1.82, 2.24) is 5.32 Å². The molecule has 0 bridgehead atoms. The van der Waals surface area contributed by atoms with Crippen molar-refractivity contribution in [2.45, 2.75) is 379 Å². The Morgan fingerprint density at radius 3 is 0.947 bits per heavy atom. The van der Waals surface area contributed by atoms with Gasteiger partial charge in [0.25, 0.3) is 0 Å². The molecular weight excluding hydrogens is 923 g/mol. The molecule has 0 rings (SSSR count). The van der Waals surface area contributed by atoms with E-state index in [0.29, 0.717) is 19.4 Å². The van der Waals surface area contributed by atoms with E-state index in [2.05, 4.69) is 43.5 Å². The second kappa shape index (κ2) is 64.6. The number of amides is 1. The number of unbranched alkanes of at least 4 members (excludes halogenated alkanes) is 48. The molecular formula is C69H131NO5. The van der Waals surface area contributed by atoms with Gasteiger partial charge in [0, 0.05) is 12.8 Å². The number of carbonyl (C=O) groups is 2. The molecule has 75 heavy (non-hydrogen) atoms. The molecule has 3 N–H and O–H groups in total. The summed E-state index contributed by atoms with van der Waals surface area (Å²) < 4.78 is 5.48. The summed E-state index contributed by atoms with van der Waals surface area (Å²) in [6.07, 6.45) is 82.0. The van der Waals surface area contributed by atoms with Crippen molar-refractivity contribution in [3.8, 4) is 0 Å². The van der Waals surface area contributed by atoms with Gasteiger partial charge in [-0.2, -0.15) is 0 Å². The lowest BCUT2D eigenvalue weighted by molar-refractivity contribution is -0.143. The van der Waals surface area contributed by atoms with Crippen LogP contribution in [0.4, 0.5) is 0 Å². The Hall–Kier alpha value is -1.92. The number of hydrogen-bond acceptors (Lipinski definition) is 5. The van der Waals surface area contributed by atoms with Crippen molar-refractivity contribution in [3.63, 3.8) is 0 Å². The molecule has 442 valence electrons. The van der Waals surface area contributed by atoms with Crippen molar-refractivity contribution in [3.05, 3.63) is 36.5 Å². The molecule has 2 unspecified atom stereocenters. The van der Waals surface area contributed by atoms with Crippen LogP contribution in [0.1, 0.15) is 367 Å². The van der Waals surface area contributed by atoms with E-state index in [1.165, 1.54) is 270 Å². The summed E-state index contributed by atoms with van der Waals surface area (Å²) >= 11 is 0. The molecule has 0 saturated heterocycles. The van der Waals surface area contributed by atoms with Crippen molar-refractivity contribution in [2.24, 2.45) is 0 Å². The molecule has 6 heteroatoms. The van der Waals surface area contributed by atoms with E-state index in [4.69, 9.17) is 4.74 Å². The van der Waals surface area contributed by atoms with E-state index in [1.54, 1.807) is 6.08 Å². The van der Waals surface area contributed by atoms with Gasteiger partial charge in [-0.25, -0.2) is 0 Å². The van der Waals surface area contributed by atoms with E-state index in [1.807, 2.05) is 6.08 Å². The fourth-order valence-electron chi connectivity index (χ4n) is 10.4. The van der Waals surface area contributed by atoms with Crippen molar-refractivity contribution in [2.75, 3.05) is 13.2 Å². The number of hydrogen-bond donors (Lipinski definition) is 3. The van der Waals surface area contributed by atoms with Gasteiger partial charge in [0.05, 0.1) is 25.4 Å². The van der Waals surface area contributed by atoms with Gasteiger partial charge in [-0.15, -0.1) is 0 Å². The lowest BCUT2D eigenvalue weighted by Gasteiger charge is -2.20. The van der Waals surface area contributed by atoms with E-state index in [-0.39, 0.29) is 18.5 Å². The summed E-state index contributed by atoms with van der Waals surface area (Å²) in [4.78, 5) is 24.6. The number of allylic oxidation sites excluding steroid dienone is 5. The molecule has 0 aromatic carbocycles. The Kier molecular flexibility index (Phi) is 63.0. The lowest BCUT2D eigenvalue weighted by Crippen LogP contribution is -2.45. The predicted molar refractivity (Wildman–Crippen MR) is 329 cm³/mol. The molecule has 0 fully saturated rings. The van der Waals surface area contributed by atoms with Crippen LogP contribution in [0.2, 0.25) is 0 Å². The molecule has 0 spiro atoms. The highest BCUT2D eigenvalue weighted by atomic mass is 16.5. The summed E-state index contributed by atoms with van der Waals surface area (Å²) in [5.74, 6) is -0.0932. The van der Waals surface area contributed by atoms with Gasteiger partial charge in [-0.3, -0.25) is 9.59 Å². The number of rotatable bonds is 63. The van der Waals surface area contributed by atoms with E-state index in [9.17, 15) is 19.8 Å². The largest absolute Gasteiger partial charge is 0.466 e. The SMILES string of the molecule is CCCCCCCCC/C=C\CCCCCCCCCC(=O)OCCCCCC/C=C\CCCCCCCCCC(=O)NC(CO)C(O)/C=C/CCCCCCCCCCCCCCCCCCCCCCCCC. The maximum absolute atomic E-state index is 12.5. The average molecular weight is 1050 g/mol. The van der Waals surface area contributed by atoms with E-state index >= 15 is 0 Å². The number of nitrogens with one attached hydrogen (secondary N) is 1. The summed E-state index contributed by atoms with van der Waals surface area (Å²) in [5.41, 5.74) is 0. The number of ether oxygens (including phenoxy) is 1. The Bertz CT molecular complexity index is 1210. The van der Waals surface area contributed by atoms with Crippen LogP contribution in [0.15, 0.2) is 36.5 Å². The molecule has 1 amide bonds. The van der Waals surface area contributed by atoms with Gasteiger partial charge in [0.15, 0.2) is 0 Å². The fourth-order valence-corrected chi connectivity index (χ4v) is 10.4. The minimum absolute atomic E-state index is 0.0134. The molecule has 6 nitrogen and oxygen atoms in total. The van der Waals surface area contributed by atoms with Gasteiger partial charge in [-0.1, -0.05) is 307 Å². The second-order valence-electron chi connectivity index (χ2n) is 23.1.